The highest BCUT2D eigenvalue weighted by Gasteiger charge is 2.18. The van der Waals surface area contributed by atoms with Gasteiger partial charge in [0, 0.05) is 20.0 Å². The molecule has 1 rings (SSSR count). The molecule has 0 aliphatic carbocycles. The predicted octanol–water partition coefficient (Wildman–Crippen LogP) is 1.62. The number of halogens is 1. The van der Waals surface area contributed by atoms with Gasteiger partial charge in [-0.25, -0.2) is 0 Å². The van der Waals surface area contributed by atoms with Crippen molar-refractivity contribution in [3.63, 3.8) is 0 Å². The van der Waals surface area contributed by atoms with Crippen LogP contribution >= 0.6 is 11.6 Å². The molecule has 0 fully saturated rings. The summed E-state index contributed by atoms with van der Waals surface area (Å²) in [5, 5.41) is 0. The summed E-state index contributed by atoms with van der Waals surface area (Å²) >= 11 is 5.67. The van der Waals surface area contributed by atoms with Gasteiger partial charge in [-0.3, -0.25) is 0 Å². The van der Waals surface area contributed by atoms with Crippen LogP contribution in [-0.2, 0) is 16.2 Å². The maximum absolute atomic E-state index is 11.5. The van der Waals surface area contributed by atoms with Gasteiger partial charge in [-0.05, 0) is 17.7 Å². The average molecular weight is 280 g/mol. The lowest BCUT2D eigenvalue weighted by atomic mass is 10.2. The highest BCUT2D eigenvalue weighted by atomic mass is 35.5. The molecule has 0 aliphatic rings. The molecule has 0 bridgehead atoms. The van der Waals surface area contributed by atoms with Crippen LogP contribution in [0.3, 0.4) is 0 Å². The summed E-state index contributed by atoms with van der Waals surface area (Å²) in [4.78, 5) is 0. The molecule has 0 unspecified atom stereocenters. The van der Waals surface area contributed by atoms with Crippen molar-refractivity contribution in [3.8, 4) is 11.5 Å². The Bertz CT molecular complexity index is 487. The maximum atomic E-state index is 11.5. The highest BCUT2D eigenvalue weighted by Crippen LogP contribution is 2.30. The lowest BCUT2D eigenvalue weighted by molar-refractivity contribution is 0.376. The van der Waals surface area contributed by atoms with E-state index in [4.69, 9.17) is 20.5 Å². The first kappa shape index (κ1) is 14.1. The Morgan fingerprint density at radius 1 is 1.29 bits per heavy atom. The lowest BCUT2D eigenvalue weighted by Gasteiger charge is -2.14. The first-order chi connectivity index (χ1) is 7.90. The molecular formula is C10H14ClNO4S. The van der Waals surface area contributed by atoms with Crippen LogP contribution in [0.2, 0.25) is 0 Å². The molecule has 17 heavy (non-hydrogen) atoms. The fraction of sp³-hybridized carbons (Fsp3) is 0.400. The van der Waals surface area contributed by atoms with Gasteiger partial charge in [0.05, 0.1) is 7.11 Å². The Morgan fingerprint density at radius 2 is 1.94 bits per heavy atom. The second-order valence-electron chi connectivity index (χ2n) is 3.44. The average Bonchev–Trinajstić information content (AvgIpc) is 2.29. The van der Waals surface area contributed by atoms with Crippen LogP contribution in [-0.4, -0.2) is 33.9 Å². The number of nitrogens with zero attached hydrogens (tertiary/aromatic N) is 1. The quantitative estimate of drug-likeness (QED) is 0.769. The zero-order valence-electron chi connectivity index (χ0n) is 9.81. The van der Waals surface area contributed by atoms with Gasteiger partial charge in [-0.15, -0.1) is 11.6 Å². The van der Waals surface area contributed by atoms with Gasteiger partial charge in [0.1, 0.15) is 0 Å². The fourth-order valence-electron chi connectivity index (χ4n) is 1.05. The third-order valence-electron chi connectivity index (χ3n) is 2.02. The Hall–Kier alpha value is -0.980. The van der Waals surface area contributed by atoms with E-state index in [1.165, 1.54) is 27.3 Å². The van der Waals surface area contributed by atoms with Crippen LogP contribution in [0.15, 0.2) is 18.2 Å². The smallest absolute Gasteiger partial charge is 0.384 e. The highest BCUT2D eigenvalue weighted by molar-refractivity contribution is 7.84. The molecule has 5 nitrogen and oxygen atoms in total. The van der Waals surface area contributed by atoms with Crippen molar-refractivity contribution < 1.29 is 17.3 Å². The van der Waals surface area contributed by atoms with E-state index in [1.54, 1.807) is 12.1 Å². The third kappa shape index (κ3) is 3.49. The summed E-state index contributed by atoms with van der Waals surface area (Å²) in [5.74, 6) is 0.778. The Labute approximate surface area is 106 Å². The fourth-order valence-corrected chi connectivity index (χ4v) is 1.73. The van der Waals surface area contributed by atoms with E-state index < -0.39 is 10.3 Å². The molecular weight excluding hydrogens is 266 g/mol. The van der Waals surface area contributed by atoms with Gasteiger partial charge in [-0.2, -0.15) is 12.7 Å². The molecule has 0 atom stereocenters. The van der Waals surface area contributed by atoms with E-state index in [0.717, 1.165) is 9.87 Å². The molecule has 0 aromatic heterocycles. The van der Waals surface area contributed by atoms with Crippen LogP contribution in [0.25, 0.3) is 0 Å². The normalized spacial score (nSPS) is 11.6. The van der Waals surface area contributed by atoms with Crippen LogP contribution in [0, 0.1) is 0 Å². The van der Waals surface area contributed by atoms with Gasteiger partial charge >= 0.3 is 10.3 Å². The lowest BCUT2D eigenvalue weighted by Crippen LogP contribution is -2.27. The number of methoxy groups -OCH3 is 1. The van der Waals surface area contributed by atoms with Crippen LogP contribution in [0.1, 0.15) is 5.56 Å². The Kier molecular flexibility index (Phi) is 4.62. The molecule has 0 radical (unpaired) electrons. The van der Waals surface area contributed by atoms with Crippen molar-refractivity contribution in [1.29, 1.82) is 0 Å². The standard InChI is InChI=1S/C10H14ClNO4S/c1-12(2)17(13,14)16-9-5-4-8(7-11)6-10(9)15-3/h4-6H,7H2,1-3H3. The molecule has 1 aromatic carbocycles. The van der Waals surface area contributed by atoms with Gasteiger partial charge in [0.25, 0.3) is 0 Å². The summed E-state index contributed by atoms with van der Waals surface area (Å²) < 4.78 is 34.0. The molecule has 0 saturated carbocycles. The molecule has 0 heterocycles. The van der Waals surface area contributed by atoms with Crippen LogP contribution in [0.4, 0.5) is 0 Å². The van der Waals surface area contributed by atoms with Gasteiger partial charge in [-0.1, -0.05) is 6.07 Å². The van der Waals surface area contributed by atoms with Crippen LogP contribution < -0.4 is 8.92 Å². The van der Waals surface area contributed by atoms with Crippen LogP contribution in [0.5, 0.6) is 11.5 Å². The monoisotopic (exact) mass is 279 g/mol. The summed E-state index contributed by atoms with van der Waals surface area (Å²) in [6, 6.07) is 4.82. The first-order valence-electron chi connectivity index (χ1n) is 4.75. The van der Waals surface area contributed by atoms with Crippen molar-refractivity contribution in [1.82, 2.24) is 4.31 Å². The molecule has 0 amide bonds. The number of hydrogen-bond acceptors (Lipinski definition) is 4. The van der Waals surface area contributed by atoms with Crippen molar-refractivity contribution in [3.05, 3.63) is 23.8 Å². The summed E-state index contributed by atoms with van der Waals surface area (Å²) in [6.45, 7) is 0. The molecule has 0 spiro atoms. The van der Waals surface area contributed by atoms with E-state index in [-0.39, 0.29) is 5.75 Å². The number of benzene rings is 1. The van der Waals surface area contributed by atoms with Crippen molar-refractivity contribution in [2.24, 2.45) is 0 Å². The molecule has 7 heteroatoms. The van der Waals surface area contributed by atoms with Gasteiger partial charge < -0.3 is 8.92 Å². The number of ether oxygens (including phenoxy) is 1. The van der Waals surface area contributed by atoms with E-state index in [1.807, 2.05) is 0 Å². The summed E-state index contributed by atoms with van der Waals surface area (Å²) in [7, 11) is 0.418. The second-order valence-corrected chi connectivity index (χ2v) is 5.46. The summed E-state index contributed by atoms with van der Waals surface area (Å²) in [5.41, 5.74) is 0.818. The minimum absolute atomic E-state index is 0.134. The number of hydrogen-bond donors (Lipinski definition) is 0. The molecule has 96 valence electrons. The predicted molar refractivity (Wildman–Crippen MR) is 65.8 cm³/mol. The number of rotatable bonds is 5. The minimum Gasteiger partial charge on any atom is -0.493 e. The van der Waals surface area contributed by atoms with E-state index >= 15 is 0 Å². The SMILES string of the molecule is COc1cc(CCl)ccc1OS(=O)(=O)N(C)C. The van der Waals surface area contributed by atoms with Gasteiger partial charge in [0.2, 0.25) is 0 Å². The van der Waals surface area contributed by atoms with E-state index in [0.29, 0.717) is 11.6 Å². The maximum Gasteiger partial charge on any atom is 0.384 e. The molecule has 1 aromatic rings. The van der Waals surface area contributed by atoms with Crippen molar-refractivity contribution in [2.45, 2.75) is 5.88 Å². The zero-order valence-corrected chi connectivity index (χ0v) is 11.4. The Morgan fingerprint density at radius 3 is 2.41 bits per heavy atom. The van der Waals surface area contributed by atoms with Gasteiger partial charge in [0.15, 0.2) is 11.5 Å². The molecule has 0 saturated heterocycles. The van der Waals surface area contributed by atoms with E-state index in [2.05, 4.69) is 0 Å². The van der Waals surface area contributed by atoms with E-state index in [9.17, 15) is 8.42 Å². The minimum atomic E-state index is -3.78. The summed E-state index contributed by atoms with van der Waals surface area (Å²) in [6.07, 6.45) is 0. The first-order valence-corrected chi connectivity index (χ1v) is 6.65. The largest absolute Gasteiger partial charge is 0.493 e. The third-order valence-corrected chi connectivity index (χ3v) is 3.62. The number of alkyl halides is 1. The second kappa shape index (κ2) is 5.57. The molecule has 0 aliphatic heterocycles. The zero-order chi connectivity index (χ0) is 13.1. The van der Waals surface area contributed by atoms with Crippen molar-refractivity contribution >= 4 is 21.9 Å². The topological polar surface area (TPSA) is 55.8 Å². The Balaban J connectivity index is 3.07. The van der Waals surface area contributed by atoms with Crippen molar-refractivity contribution in [2.75, 3.05) is 21.2 Å². The molecule has 0 N–H and O–H groups in total.